The molecule has 0 saturated carbocycles. The number of nitrogens with two attached hydrogens (primary N) is 1. The van der Waals surface area contributed by atoms with Gasteiger partial charge in [-0.1, -0.05) is 13.0 Å². The first-order chi connectivity index (χ1) is 9.46. The van der Waals surface area contributed by atoms with Crippen molar-refractivity contribution >= 4 is 0 Å². The average Bonchev–Trinajstić information content (AvgIpc) is 2.40. The molecule has 4 heteroatoms. The predicted octanol–water partition coefficient (Wildman–Crippen LogP) is 3.13. The zero-order valence-corrected chi connectivity index (χ0v) is 13.1. The van der Waals surface area contributed by atoms with Crippen molar-refractivity contribution < 1.29 is 14.2 Å². The van der Waals surface area contributed by atoms with Crippen LogP contribution in [0.15, 0.2) is 18.2 Å². The van der Waals surface area contributed by atoms with Gasteiger partial charge >= 0.3 is 0 Å². The summed E-state index contributed by atoms with van der Waals surface area (Å²) in [4.78, 5) is 0. The van der Waals surface area contributed by atoms with Crippen molar-refractivity contribution in [2.24, 2.45) is 5.73 Å². The molecule has 0 atom stereocenters. The molecule has 0 unspecified atom stereocenters. The fourth-order valence-electron chi connectivity index (χ4n) is 1.65. The van der Waals surface area contributed by atoms with E-state index in [0.29, 0.717) is 26.4 Å². The van der Waals surface area contributed by atoms with Crippen molar-refractivity contribution in [3.8, 4) is 11.5 Å². The lowest BCUT2D eigenvalue weighted by Gasteiger charge is -2.20. The van der Waals surface area contributed by atoms with E-state index in [9.17, 15) is 0 Å². The molecule has 0 aliphatic carbocycles. The maximum atomic E-state index is 5.76. The van der Waals surface area contributed by atoms with Gasteiger partial charge in [-0.05, 0) is 33.3 Å². The molecule has 0 spiro atoms. The Bertz CT molecular complexity index is 399. The number of hydrogen-bond acceptors (Lipinski definition) is 4. The monoisotopic (exact) mass is 281 g/mol. The summed E-state index contributed by atoms with van der Waals surface area (Å²) in [6, 6.07) is 5.77. The molecule has 4 nitrogen and oxygen atoms in total. The SMILES string of the molecule is CCCOc1ccc(CN)c(OCCOC(C)(C)C)c1. The van der Waals surface area contributed by atoms with Gasteiger partial charge in [0.2, 0.25) is 0 Å². The molecule has 0 aliphatic rings. The summed E-state index contributed by atoms with van der Waals surface area (Å²) >= 11 is 0. The highest BCUT2D eigenvalue weighted by Gasteiger charge is 2.10. The van der Waals surface area contributed by atoms with Crippen LogP contribution in [-0.2, 0) is 11.3 Å². The lowest BCUT2D eigenvalue weighted by atomic mass is 10.2. The Kier molecular flexibility index (Phi) is 6.82. The van der Waals surface area contributed by atoms with Crippen molar-refractivity contribution in [3.63, 3.8) is 0 Å². The van der Waals surface area contributed by atoms with E-state index in [0.717, 1.165) is 23.5 Å². The molecule has 1 rings (SSSR count). The number of rotatable bonds is 8. The molecule has 0 amide bonds. The number of hydrogen-bond donors (Lipinski definition) is 1. The molecular weight excluding hydrogens is 254 g/mol. The fourth-order valence-corrected chi connectivity index (χ4v) is 1.65. The van der Waals surface area contributed by atoms with Gasteiger partial charge in [-0.3, -0.25) is 0 Å². The summed E-state index contributed by atoms with van der Waals surface area (Å²) < 4.78 is 17.0. The maximum Gasteiger partial charge on any atom is 0.127 e. The van der Waals surface area contributed by atoms with Crippen molar-refractivity contribution in [1.82, 2.24) is 0 Å². The van der Waals surface area contributed by atoms with E-state index in [4.69, 9.17) is 19.9 Å². The molecule has 1 aromatic rings. The minimum atomic E-state index is -0.147. The van der Waals surface area contributed by atoms with Crippen molar-refractivity contribution in [2.45, 2.75) is 46.3 Å². The first-order valence-electron chi connectivity index (χ1n) is 7.19. The van der Waals surface area contributed by atoms with Gasteiger partial charge in [-0.25, -0.2) is 0 Å². The van der Waals surface area contributed by atoms with Crippen molar-refractivity contribution in [2.75, 3.05) is 19.8 Å². The van der Waals surface area contributed by atoms with Crippen LogP contribution in [0.3, 0.4) is 0 Å². The van der Waals surface area contributed by atoms with Gasteiger partial charge < -0.3 is 19.9 Å². The summed E-state index contributed by atoms with van der Waals surface area (Å²) in [5.41, 5.74) is 6.55. The van der Waals surface area contributed by atoms with E-state index >= 15 is 0 Å². The Morgan fingerprint density at radius 1 is 1.05 bits per heavy atom. The third kappa shape index (κ3) is 6.26. The molecule has 1 aromatic carbocycles. The highest BCUT2D eigenvalue weighted by atomic mass is 16.5. The normalized spacial score (nSPS) is 11.4. The summed E-state index contributed by atoms with van der Waals surface area (Å²) in [6.07, 6.45) is 0.980. The summed E-state index contributed by atoms with van der Waals surface area (Å²) in [5.74, 6) is 1.59. The molecule has 114 valence electrons. The second-order valence-electron chi connectivity index (χ2n) is 5.63. The quantitative estimate of drug-likeness (QED) is 0.744. The Morgan fingerprint density at radius 3 is 2.40 bits per heavy atom. The third-order valence-electron chi connectivity index (χ3n) is 2.61. The van der Waals surface area contributed by atoms with Crippen LogP contribution in [0.2, 0.25) is 0 Å². The zero-order valence-electron chi connectivity index (χ0n) is 13.1. The Morgan fingerprint density at radius 2 is 1.80 bits per heavy atom. The third-order valence-corrected chi connectivity index (χ3v) is 2.61. The molecule has 0 radical (unpaired) electrons. The van der Waals surface area contributed by atoms with Gasteiger partial charge in [0.15, 0.2) is 0 Å². The van der Waals surface area contributed by atoms with Crippen LogP contribution in [0.25, 0.3) is 0 Å². The summed E-state index contributed by atoms with van der Waals surface area (Å²) in [6.45, 7) is 10.4. The molecule has 0 aliphatic heterocycles. The Labute approximate surface area is 122 Å². The molecule has 2 N–H and O–H groups in total. The lowest BCUT2D eigenvalue weighted by Crippen LogP contribution is -2.22. The second-order valence-corrected chi connectivity index (χ2v) is 5.63. The number of ether oxygens (including phenoxy) is 3. The van der Waals surface area contributed by atoms with E-state index in [1.54, 1.807) is 0 Å². The summed E-state index contributed by atoms with van der Waals surface area (Å²) in [5, 5.41) is 0. The van der Waals surface area contributed by atoms with Crippen molar-refractivity contribution in [1.29, 1.82) is 0 Å². The second kappa shape index (κ2) is 8.12. The smallest absolute Gasteiger partial charge is 0.127 e. The van der Waals surface area contributed by atoms with Crippen LogP contribution in [0.5, 0.6) is 11.5 Å². The molecule has 0 aromatic heterocycles. The predicted molar refractivity (Wildman–Crippen MR) is 81.3 cm³/mol. The van der Waals surface area contributed by atoms with Gasteiger partial charge in [0.1, 0.15) is 18.1 Å². The maximum absolute atomic E-state index is 5.76. The van der Waals surface area contributed by atoms with Gasteiger partial charge in [0.25, 0.3) is 0 Å². The van der Waals surface area contributed by atoms with Crippen LogP contribution in [0.1, 0.15) is 39.7 Å². The summed E-state index contributed by atoms with van der Waals surface area (Å²) in [7, 11) is 0. The van der Waals surface area contributed by atoms with E-state index in [1.165, 1.54) is 0 Å². The Hall–Kier alpha value is -1.26. The van der Waals surface area contributed by atoms with Gasteiger partial charge in [0.05, 0.1) is 18.8 Å². The molecule has 0 heterocycles. The topological polar surface area (TPSA) is 53.7 Å². The molecule has 0 bridgehead atoms. The van der Waals surface area contributed by atoms with Crippen LogP contribution >= 0.6 is 0 Å². The van der Waals surface area contributed by atoms with Crippen LogP contribution in [0.4, 0.5) is 0 Å². The molecule has 0 fully saturated rings. The molecular formula is C16H27NO3. The van der Waals surface area contributed by atoms with Gasteiger partial charge in [-0.2, -0.15) is 0 Å². The average molecular weight is 281 g/mol. The minimum absolute atomic E-state index is 0.147. The number of benzene rings is 1. The van der Waals surface area contributed by atoms with Crippen LogP contribution in [-0.4, -0.2) is 25.4 Å². The standard InChI is InChI=1S/C16H27NO3/c1-5-8-18-14-7-6-13(12-17)15(11-14)19-9-10-20-16(2,3)4/h6-7,11H,5,8-10,12,17H2,1-4H3. The van der Waals surface area contributed by atoms with E-state index in [-0.39, 0.29) is 5.60 Å². The minimum Gasteiger partial charge on any atom is -0.493 e. The largest absolute Gasteiger partial charge is 0.493 e. The highest BCUT2D eigenvalue weighted by molar-refractivity contribution is 5.40. The van der Waals surface area contributed by atoms with E-state index in [2.05, 4.69) is 6.92 Å². The highest BCUT2D eigenvalue weighted by Crippen LogP contribution is 2.25. The van der Waals surface area contributed by atoms with E-state index in [1.807, 2.05) is 39.0 Å². The Balaban J connectivity index is 2.57. The molecule has 0 saturated heterocycles. The van der Waals surface area contributed by atoms with Gasteiger partial charge in [-0.15, -0.1) is 0 Å². The zero-order chi connectivity index (χ0) is 15.0. The van der Waals surface area contributed by atoms with Crippen LogP contribution in [0, 0.1) is 0 Å². The fraction of sp³-hybridized carbons (Fsp3) is 0.625. The first-order valence-corrected chi connectivity index (χ1v) is 7.19. The van der Waals surface area contributed by atoms with Crippen molar-refractivity contribution in [3.05, 3.63) is 23.8 Å². The first kappa shape index (κ1) is 16.8. The van der Waals surface area contributed by atoms with Crippen LogP contribution < -0.4 is 15.2 Å². The molecule has 20 heavy (non-hydrogen) atoms. The van der Waals surface area contributed by atoms with Gasteiger partial charge in [0, 0.05) is 18.2 Å². The van der Waals surface area contributed by atoms with E-state index < -0.39 is 0 Å². The lowest BCUT2D eigenvalue weighted by molar-refractivity contribution is -0.0164.